The Bertz CT molecular complexity index is 130. The van der Waals surface area contributed by atoms with E-state index in [4.69, 9.17) is 5.73 Å². The van der Waals surface area contributed by atoms with Crippen LogP contribution in [0.3, 0.4) is 0 Å². The molecule has 0 aliphatic heterocycles. The highest BCUT2D eigenvalue weighted by Crippen LogP contribution is 2.03. The van der Waals surface area contributed by atoms with Crippen LogP contribution in [-0.4, -0.2) is 30.0 Å². The average Bonchev–Trinajstić information content (AvgIpc) is 1.85. The summed E-state index contributed by atoms with van der Waals surface area (Å²) in [6.07, 6.45) is 0. The second-order valence-corrected chi connectivity index (χ2v) is 3.18. The molecular formula is C8H19N3. The molecule has 2 N–H and O–H groups in total. The molecule has 11 heavy (non-hydrogen) atoms. The van der Waals surface area contributed by atoms with Gasteiger partial charge in [0.1, 0.15) is 0 Å². The third kappa shape index (κ3) is 2.78. The van der Waals surface area contributed by atoms with E-state index < -0.39 is 0 Å². The second-order valence-electron chi connectivity index (χ2n) is 3.18. The summed E-state index contributed by atoms with van der Waals surface area (Å²) in [6.45, 7) is 8.44. The quantitative estimate of drug-likeness (QED) is 0.481. The summed E-state index contributed by atoms with van der Waals surface area (Å²) in [5.74, 6) is 0.620. The molecule has 0 fully saturated rings. The van der Waals surface area contributed by atoms with Gasteiger partial charge in [0.15, 0.2) is 5.96 Å². The van der Waals surface area contributed by atoms with E-state index in [2.05, 4.69) is 37.6 Å². The van der Waals surface area contributed by atoms with Crippen LogP contribution in [0.5, 0.6) is 0 Å². The van der Waals surface area contributed by atoms with Gasteiger partial charge >= 0.3 is 0 Å². The Kier molecular flexibility index (Phi) is 3.93. The Morgan fingerprint density at radius 1 is 1.18 bits per heavy atom. The number of nitrogens with two attached hydrogens (primary N) is 1. The van der Waals surface area contributed by atoms with E-state index in [9.17, 15) is 0 Å². The van der Waals surface area contributed by atoms with Crippen LogP contribution >= 0.6 is 0 Å². The Labute approximate surface area is 69.3 Å². The Balaban J connectivity index is 4.35. The summed E-state index contributed by atoms with van der Waals surface area (Å²) in [5, 5.41) is 0. The van der Waals surface area contributed by atoms with Gasteiger partial charge in [0.25, 0.3) is 0 Å². The van der Waals surface area contributed by atoms with Gasteiger partial charge in [0, 0.05) is 19.1 Å². The minimum Gasteiger partial charge on any atom is -0.370 e. The molecule has 0 radical (unpaired) electrons. The Hall–Kier alpha value is -0.730. The fraction of sp³-hybridized carbons (Fsp3) is 0.875. The lowest BCUT2D eigenvalue weighted by Crippen LogP contribution is -2.46. The van der Waals surface area contributed by atoms with Crippen molar-refractivity contribution in [2.24, 2.45) is 10.7 Å². The lowest BCUT2D eigenvalue weighted by molar-refractivity contribution is 0.288. The van der Waals surface area contributed by atoms with Gasteiger partial charge in [0.05, 0.1) is 0 Å². The number of hydrogen-bond acceptors (Lipinski definition) is 1. The maximum Gasteiger partial charge on any atom is 0.191 e. The number of aliphatic imine (C=N–C) groups is 1. The first-order valence-corrected chi connectivity index (χ1v) is 4.01. The van der Waals surface area contributed by atoms with Gasteiger partial charge in [-0.25, -0.2) is 0 Å². The molecule has 0 rings (SSSR count). The molecule has 0 saturated carbocycles. The highest BCUT2D eigenvalue weighted by Gasteiger charge is 2.14. The third-order valence-corrected chi connectivity index (χ3v) is 1.61. The van der Waals surface area contributed by atoms with Crippen molar-refractivity contribution in [3.63, 3.8) is 0 Å². The first-order valence-electron chi connectivity index (χ1n) is 4.01. The lowest BCUT2D eigenvalue weighted by atomic mass is 10.2. The molecule has 3 heteroatoms. The van der Waals surface area contributed by atoms with Crippen LogP contribution in [-0.2, 0) is 0 Å². The maximum atomic E-state index is 5.70. The molecule has 0 aromatic rings. The normalized spacial score (nSPS) is 12.8. The van der Waals surface area contributed by atoms with Crippen LogP contribution in [0.2, 0.25) is 0 Å². The standard InChI is InChI=1S/C8H19N3/c1-6(2)11(7(3)4)8(9)10-5/h6-7H,1-5H3,(H2,9,10). The fourth-order valence-corrected chi connectivity index (χ4v) is 1.24. The molecule has 0 aromatic carbocycles. The molecule has 66 valence electrons. The highest BCUT2D eigenvalue weighted by atomic mass is 15.3. The van der Waals surface area contributed by atoms with E-state index in [0.717, 1.165) is 0 Å². The van der Waals surface area contributed by atoms with Gasteiger partial charge in [-0.15, -0.1) is 0 Å². The SMILES string of the molecule is CN=C(N)N(C(C)C)C(C)C. The zero-order chi connectivity index (χ0) is 9.02. The smallest absolute Gasteiger partial charge is 0.191 e. The van der Waals surface area contributed by atoms with Gasteiger partial charge in [-0.1, -0.05) is 0 Å². The van der Waals surface area contributed by atoms with Crippen molar-refractivity contribution >= 4 is 5.96 Å². The Morgan fingerprint density at radius 2 is 1.55 bits per heavy atom. The molecule has 0 unspecified atom stereocenters. The van der Waals surface area contributed by atoms with E-state index in [-0.39, 0.29) is 0 Å². The Morgan fingerprint density at radius 3 is 1.64 bits per heavy atom. The van der Waals surface area contributed by atoms with Crippen LogP contribution in [0.4, 0.5) is 0 Å². The predicted octanol–water partition coefficient (Wildman–Crippen LogP) is 1.05. The van der Waals surface area contributed by atoms with E-state index in [0.29, 0.717) is 18.0 Å². The van der Waals surface area contributed by atoms with E-state index in [1.165, 1.54) is 0 Å². The summed E-state index contributed by atoms with van der Waals surface area (Å²) in [6, 6.07) is 0.831. The van der Waals surface area contributed by atoms with Crippen molar-refractivity contribution in [3.8, 4) is 0 Å². The zero-order valence-corrected chi connectivity index (χ0v) is 8.13. The van der Waals surface area contributed by atoms with Gasteiger partial charge in [-0.3, -0.25) is 4.99 Å². The second kappa shape index (κ2) is 4.21. The summed E-state index contributed by atoms with van der Waals surface area (Å²) >= 11 is 0. The monoisotopic (exact) mass is 157 g/mol. The minimum atomic E-state index is 0.415. The summed E-state index contributed by atoms with van der Waals surface area (Å²) in [4.78, 5) is 6.04. The van der Waals surface area contributed by atoms with Gasteiger partial charge in [0.2, 0.25) is 0 Å². The van der Waals surface area contributed by atoms with E-state index >= 15 is 0 Å². The largest absolute Gasteiger partial charge is 0.370 e. The van der Waals surface area contributed by atoms with Crippen molar-refractivity contribution < 1.29 is 0 Å². The van der Waals surface area contributed by atoms with Crippen molar-refractivity contribution in [2.45, 2.75) is 39.8 Å². The molecular weight excluding hydrogens is 138 g/mol. The first kappa shape index (κ1) is 10.3. The van der Waals surface area contributed by atoms with Crippen LogP contribution in [0.25, 0.3) is 0 Å². The van der Waals surface area contributed by atoms with Crippen molar-refractivity contribution in [1.82, 2.24) is 4.90 Å². The molecule has 0 aliphatic rings. The molecule has 0 bridgehead atoms. The van der Waals surface area contributed by atoms with Crippen LogP contribution < -0.4 is 5.73 Å². The third-order valence-electron chi connectivity index (χ3n) is 1.61. The number of guanidine groups is 1. The zero-order valence-electron chi connectivity index (χ0n) is 8.13. The minimum absolute atomic E-state index is 0.415. The summed E-state index contributed by atoms with van der Waals surface area (Å²) in [7, 11) is 1.72. The molecule has 3 nitrogen and oxygen atoms in total. The molecule has 0 atom stereocenters. The number of hydrogen-bond donors (Lipinski definition) is 1. The van der Waals surface area contributed by atoms with Gasteiger partial charge in [-0.2, -0.15) is 0 Å². The summed E-state index contributed by atoms with van der Waals surface area (Å²) < 4.78 is 0. The van der Waals surface area contributed by atoms with Gasteiger partial charge < -0.3 is 10.6 Å². The van der Waals surface area contributed by atoms with E-state index in [1.807, 2.05) is 0 Å². The van der Waals surface area contributed by atoms with Crippen molar-refractivity contribution in [1.29, 1.82) is 0 Å². The van der Waals surface area contributed by atoms with Crippen LogP contribution in [0.15, 0.2) is 4.99 Å². The molecule has 0 aromatic heterocycles. The topological polar surface area (TPSA) is 41.6 Å². The molecule has 0 spiro atoms. The predicted molar refractivity (Wildman–Crippen MR) is 49.7 cm³/mol. The average molecular weight is 157 g/mol. The van der Waals surface area contributed by atoms with Crippen LogP contribution in [0.1, 0.15) is 27.7 Å². The first-order chi connectivity index (χ1) is 5.00. The molecule has 0 heterocycles. The highest BCUT2D eigenvalue weighted by molar-refractivity contribution is 5.78. The van der Waals surface area contributed by atoms with Gasteiger partial charge in [-0.05, 0) is 27.7 Å². The maximum absolute atomic E-state index is 5.70. The van der Waals surface area contributed by atoms with Crippen LogP contribution in [0, 0.1) is 0 Å². The molecule has 0 amide bonds. The lowest BCUT2D eigenvalue weighted by Gasteiger charge is -2.31. The molecule has 0 aliphatic carbocycles. The number of rotatable bonds is 2. The van der Waals surface area contributed by atoms with E-state index in [1.54, 1.807) is 7.05 Å². The van der Waals surface area contributed by atoms with Crippen molar-refractivity contribution in [3.05, 3.63) is 0 Å². The molecule has 0 saturated heterocycles. The summed E-state index contributed by atoms with van der Waals surface area (Å²) in [5.41, 5.74) is 5.70. The fourth-order valence-electron chi connectivity index (χ4n) is 1.24. The van der Waals surface area contributed by atoms with Crippen molar-refractivity contribution in [2.75, 3.05) is 7.05 Å². The number of nitrogens with zero attached hydrogens (tertiary/aromatic N) is 2.